The summed E-state index contributed by atoms with van der Waals surface area (Å²) >= 11 is 0. The molecule has 0 aliphatic carbocycles. The van der Waals surface area contributed by atoms with E-state index >= 15 is 0 Å². The van der Waals surface area contributed by atoms with Crippen molar-refractivity contribution >= 4 is 11.4 Å². The Morgan fingerprint density at radius 1 is 0.880 bits per heavy atom. The molecule has 0 fully saturated rings. The highest BCUT2D eigenvalue weighted by Gasteiger charge is 2.23. The maximum Gasteiger partial charge on any atom is 0.284 e. The van der Waals surface area contributed by atoms with Crippen LogP contribution in [0.2, 0.25) is 0 Å². The molecule has 0 saturated heterocycles. The highest BCUT2D eigenvalue weighted by molar-refractivity contribution is 5.76. The third kappa shape index (κ3) is 5.65. The molecule has 0 atom stereocenters. The number of aliphatic hydroxyl groups excluding tert-OH is 1. The van der Waals surface area contributed by atoms with Crippen LogP contribution in [0.5, 0.6) is 0 Å². The Hall–Kier alpha value is -2.80. The summed E-state index contributed by atoms with van der Waals surface area (Å²) < 4.78 is 0. The first-order valence-electron chi connectivity index (χ1n) is 8.07. The van der Waals surface area contributed by atoms with Crippen LogP contribution >= 0.6 is 0 Å². The fourth-order valence-corrected chi connectivity index (χ4v) is 2.05. The number of hydrogen-bond donors (Lipinski definition) is 1. The molecule has 0 aliphatic rings. The van der Waals surface area contributed by atoms with E-state index < -0.39 is 9.85 Å². The fraction of sp³-hybridized carbons (Fsp3) is 0.333. The van der Waals surface area contributed by atoms with Crippen LogP contribution in [0.4, 0.5) is 11.4 Å². The second-order valence-corrected chi connectivity index (χ2v) is 4.53. The van der Waals surface area contributed by atoms with Crippen molar-refractivity contribution in [3.63, 3.8) is 0 Å². The third-order valence-electron chi connectivity index (χ3n) is 3.16. The molecule has 2 aromatic rings. The van der Waals surface area contributed by atoms with E-state index in [1.807, 2.05) is 27.7 Å². The normalized spacial score (nSPS) is 9.20. The van der Waals surface area contributed by atoms with E-state index in [0.717, 1.165) is 6.07 Å². The highest BCUT2D eigenvalue weighted by Crippen LogP contribution is 2.35. The summed E-state index contributed by atoms with van der Waals surface area (Å²) in [5, 5.41) is 31.0. The van der Waals surface area contributed by atoms with Crippen LogP contribution in [0.15, 0.2) is 36.4 Å². The number of aliphatic hydroxyl groups is 1. The number of benzene rings is 2. The number of hydrogen-bond acceptors (Lipinski definition) is 5. The molecule has 0 aliphatic heterocycles. The second-order valence-electron chi connectivity index (χ2n) is 4.53. The number of nitrogens with zero attached hydrogens (tertiary/aromatic N) is 2. The topological polar surface area (TPSA) is 107 Å². The van der Waals surface area contributed by atoms with Gasteiger partial charge >= 0.3 is 0 Å². The molecule has 7 heteroatoms. The number of rotatable bonds is 4. The largest absolute Gasteiger partial charge is 0.392 e. The Kier molecular flexibility index (Phi) is 9.66. The summed E-state index contributed by atoms with van der Waals surface area (Å²) in [6.45, 7) is 9.41. The van der Waals surface area contributed by atoms with Gasteiger partial charge in [-0.2, -0.15) is 0 Å². The van der Waals surface area contributed by atoms with Crippen LogP contribution in [-0.4, -0.2) is 15.0 Å². The first-order valence-corrected chi connectivity index (χ1v) is 8.07. The number of aryl methyl sites for hydroxylation is 1. The lowest BCUT2D eigenvalue weighted by Crippen LogP contribution is -1.98. The van der Waals surface area contributed by atoms with Gasteiger partial charge in [0.25, 0.3) is 11.4 Å². The van der Waals surface area contributed by atoms with E-state index in [2.05, 4.69) is 0 Å². The average Bonchev–Trinajstić information content (AvgIpc) is 2.64. The predicted molar refractivity (Wildman–Crippen MR) is 98.5 cm³/mol. The summed E-state index contributed by atoms with van der Waals surface area (Å²) in [7, 11) is 0. The molecule has 7 nitrogen and oxygen atoms in total. The summed E-state index contributed by atoms with van der Waals surface area (Å²) in [6, 6.07) is 8.98. The summed E-state index contributed by atoms with van der Waals surface area (Å²) in [4.78, 5) is 20.8. The lowest BCUT2D eigenvalue weighted by atomic mass is 9.99. The van der Waals surface area contributed by atoms with Crippen molar-refractivity contribution in [3.8, 4) is 11.1 Å². The van der Waals surface area contributed by atoms with E-state index in [1.165, 1.54) is 13.0 Å². The lowest BCUT2D eigenvalue weighted by Gasteiger charge is -2.06. The van der Waals surface area contributed by atoms with Crippen molar-refractivity contribution in [2.45, 2.75) is 41.2 Å². The minimum atomic E-state index is -0.638. The molecule has 136 valence electrons. The maximum absolute atomic E-state index is 11.1. The van der Waals surface area contributed by atoms with E-state index in [9.17, 15) is 20.2 Å². The molecule has 0 spiro atoms. The quantitative estimate of drug-likeness (QED) is 0.616. The van der Waals surface area contributed by atoms with Gasteiger partial charge in [-0.05, 0) is 24.1 Å². The zero-order valence-electron chi connectivity index (χ0n) is 15.1. The second kappa shape index (κ2) is 10.9. The molecule has 2 rings (SSSR count). The highest BCUT2D eigenvalue weighted by atomic mass is 16.6. The predicted octanol–water partition coefficient (Wildman–Crippen LogP) is 5.02. The Bertz CT molecular complexity index is 712. The van der Waals surface area contributed by atoms with Gasteiger partial charge in [-0.15, -0.1) is 0 Å². The molecule has 0 radical (unpaired) electrons. The molecule has 0 saturated carbocycles. The minimum Gasteiger partial charge on any atom is -0.392 e. The van der Waals surface area contributed by atoms with Gasteiger partial charge < -0.3 is 5.11 Å². The van der Waals surface area contributed by atoms with Gasteiger partial charge in [0.1, 0.15) is 0 Å². The lowest BCUT2D eigenvalue weighted by molar-refractivity contribution is -0.394. The van der Waals surface area contributed by atoms with Crippen LogP contribution in [0.1, 0.15) is 38.8 Å². The molecule has 1 N–H and O–H groups in total. The van der Waals surface area contributed by atoms with Gasteiger partial charge in [0.2, 0.25) is 0 Å². The monoisotopic (exact) mass is 348 g/mol. The maximum atomic E-state index is 11.1. The van der Waals surface area contributed by atoms with Crippen LogP contribution in [0.25, 0.3) is 11.1 Å². The van der Waals surface area contributed by atoms with Crippen LogP contribution < -0.4 is 0 Å². The van der Waals surface area contributed by atoms with Gasteiger partial charge in [-0.3, -0.25) is 20.2 Å². The van der Waals surface area contributed by atoms with Crippen molar-refractivity contribution in [2.75, 3.05) is 0 Å². The molecule has 0 bridgehead atoms. The molecular formula is C18H24N2O5. The van der Waals surface area contributed by atoms with Crippen molar-refractivity contribution in [1.29, 1.82) is 0 Å². The standard InChI is InChI=1S/C14H12N2O5.2C2H6/c1-9-6-12(11-4-2-10(8-17)3-5-11)14(16(20)21)7-13(9)15(18)19;2*1-2/h2-7,17H,8H2,1H3;2*1-2H3. The van der Waals surface area contributed by atoms with Crippen LogP contribution in [-0.2, 0) is 6.61 Å². The first-order chi connectivity index (χ1) is 11.9. The molecule has 0 unspecified atom stereocenters. The Labute approximate surface area is 147 Å². The van der Waals surface area contributed by atoms with Gasteiger partial charge in [0.05, 0.1) is 28.1 Å². The molecule has 0 amide bonds. The molecule has 0 heterocycles. The zero-order chi connectivity index (χ0) is 19.6. The number of nitro groups is 2. The zero-order valence-corrected chi connectivity index (χ0v) is 15.1. The fourth-order valence-electron chi connectivity index (χ4n) is 2.05. The van der Waals surface area contributed by atoms with Gasteiger partial charge in [0, 0.05) is 5.56 Å². The van der Waals surface area contributed by atoms with Gasteiger partial charge in [-0.1, -0.05) is 52.0 Å². The Morgan fingerprint density at radius 3 is 1.76 bits per heavy atom. The van der Waals surface area contributed by atoms with E-state index in [0.29, 0.717) is 22.3 Å². The minimum absolute atomic E-state index is 0.123. The summed E-state index contributed by atoms with van der Waals surface area (Å²) in [5.41, 5.74) is 1.32. The van der Waals surface area contributed by atoms with Crippen LogP contribution in [0.3, 0.4) is 0 Å². The van der Waals surface area contributed by atoms with Gasteiger partial charge in [0.15, 0.2) is 0 Å². The van der Waals surface area contributed by atoms with E-state index in [-0.39, 0.29) is 18.0 Å². The molecule has 2 aromatic carbocycles. The summed E-state index contributed by atoms with van der Waals surface area (Å²) in [6.07, 6.45) is 0. The van der Waals surface area contributed by atoms with Crippen molar-refractivity contribution in [2.24, 2.45) is 0 Å². The Balaban J connectivity index is 0.00000134. The number of nitro benzene ring substituents is 2. The smallest absolute Gasteiger partial charge is 0.284 e. The summed E-state index contributed by atoms with van der Waals surface area (Å²) in [5.74, 6) is 0. The molecule has 25 heavy (non-hydrogen) atoms. The van der Waals surface area contributed by atoms with Gasteiger partial charge in [-0.25, -0.2) is 0 Å². The molecular weight excluding hydrogens is 324 g/mol. The molecule has 0 aromatic heterocycles. The van der Waals surface area contributed by atoms with Crippen molar-refractivity contribution in [1.82, 2.24) is 0 Å². The Morgan fingerprint density at radius 2 is 1.36 bits per heavy atom. The SMILES string of the molecule is CC.CC.Cc1cc(-c2ccc(CO)cc2)c([N+](=O)[O-])cc1[N+](=O)[O-]. The van der Waals surface area contributed by atoms with Crippen molar-refractivity contribution in [3.05, 3.63) is 67.8 Å². The van der Waals surface area contributed by atoms with Crippen molar-refractivity contribution < 1.29 is 15.0 Å². The first kappa shape index (κ1) is 22.2. The van der Waals surface area contributed by atoms with E-state index in [1.54, 1.807) is 24.3 Å². The van der Waals surface area contributed by atoms with E-state index in [4.69, 9.17) is 5.11 Å². The third-order valence-corrected chi connectivity index (χ3v) is 3.16. The van der Waals surface area contributed by atoms with Crippen LogP contribution in [0, 0.1) is 27.2 Å². The average molecular weight is 348 g/mol.